The van der Waals surface area contributed by atoms with E-state index >= 15 is 0 Å². The zero-order valence-electron chi connectivity index (χ0n) is 14.9. The van der Waals surface area contributed by atoms with E-state index in [1.165, 1.54) is 0 Å². The van der Waals surface area contributed by atoms with E-state index in [1.807, 2.05) is 37.3 Å². The molecule has 0 aliphatic rings. The molecule has 0 bridgehead atoms. The first-order valence-corrected chi connectivity index (χ1v) is 10.4. The summed E-state index contributed by atoms with van der Waals surface area (Å²) in [5, 5.41) is 9.43. The summed E-state index contributed by atoms with van der Waals surface area (Å²) in [5.41, 5.74) is 1.96. The van der Waals surface area contributed by atoms with E-state index in [1.54, 1.807) is 24.3 Å². The normalized spacial score (nSPS) is 13.9. The number of para-hydroxylation sites is 1. The Morgan fingerprint density at radius 1 is 1.07 bits per heavy atom. The van der Waals surface area contributed by atoms with Crippen LogP contribution in [0.1, 0.15) is 18.4 Å². The monoisotopic (exact) mass is 410 g/mol. The second kappa shape index (κ2) is 8.16. The number of aromatic nitrogens is 2. The molecule has 1 heterocycles. The molecule has 1 unspecified atom stereocenters. The van der Waals surface area contributed by atoms with Crippen LogP contribution in [0.15, 0.2) is 59.1 Å². The first-order chi connectivity index (χ1) is 13.3. The molecule has 0 radical (unpaired) electrons. The van der Waals surface area contributed by atoms with Crippen LogP contribution < -0.4 is 10.2 Å². The molecular formula is C18H18F3N4O2P. The van der Waals surface area contributed by atoms with Crippen molar-refractivity contribution in [2.75, 3.05) is 11.2 Å². The average molecular weight is 410 g/mol. The van der Waals surface area contributed by atoms with Gasteiger partial charge in [-0.05, 0) is 17.7 Å². The summed E-state index contributed by atoms with van der Waals surface area (Å²) in [6, 6.07) is 15.8. The van der Waals surface area contributed by atoms with E-state index in [9.17, 15) is 17.7 Å². The minimum absolute atomic E-state index is 0.142. The lowest BCUT2D eigenvalue weighted by molar-refractivity contribution is -0.159. The minimum Gasteiger partial charge on any atom is -0.329 e. The number of anilines is 1. The van der Waals surface area contributed by atoms with Crippen molar-refractivity contribution in [3.8, 4) is 11.4 Å². The molecule has 10 heteroatoms. The highest BCUT2D eigenvalue weighted by Gasteiger charge is 2.38. The number of alkyl halides is 3. The Morgan fingerprint density at radius 2 is 1.75 bits per heavy atom. The van der Waals surface area contributed by atoms with E-state index in [0.717, 1.165) is 11.3 Å². The average Bonchev–Trinajstić information content (AvgIpc) is 3.18. The van der Waals surface area contributed by atoms with Crippen LogP contribution in [0.5, 0.6) is 0 Å². The lowest BCUT2D eigenvalue weighted by Gasteiger charge is -2.20. The summed E-state index contributed by atoms with van der Waals surface area (Å²) < 4.78 is 54.8. The summed E-state index contributed by atoms with van der Waals surface area (Å²) in [6.07, 6.45) is -4.27. The van der Waals surface area contributed by atoms with Crippen molar-refractivity contribution in [1.82, 2.24) is 15.2 Å². The minimum atomic E-state index is -4.68. The number of nitrogens with one attached hydrogen (secondary N) is 2. The predicted octanol–water partition coefficient (Wildman–Crippen LogP) is 5.17. The molecule has 2 aromatic carbocycles. The molecule has 2 N–H and O–H groups in total. The second-order valence-electron chi connectivity index (χ2n) is 5.99. The van der Waals surface area contributed by atoms with Gasteiger partial charge in [-0.2, -0.15) is 18.2 Å². The number of hydrogen-bond donors (Lipinski definition) is 2. The number of rotatable bonds is 7. The van der Waals surface area contributed by atoms with Gasteiger partial charge in [0.25, 0.3) is 0 Å². The van der Waals surface area contributed by atoms with Crippen molar-refractivity contribution in [1.29, 1.82) is 0 Å². The van der Waals surface area contributed by atoms with Gasteiger partial charge < -0.3 is 9.61 Å². The summed E-state index contributed by atoms with van der Waals surface area (Å²) in [7, 11) is -2.84. The fourth-order valence-electron chi connectivity index (χ4n) is 2.40. The molecule has 3 rings (SSSR count). The first-order valence-electron chi connectivity index (χ1n) is 8.47. The van der Waals surface area contributed by atoms with Gasteiger partial charge in [0.15, 0.2) is 0 Å². The van der Waals surface area contributed by atoms with Gasteiger partial charge in [-0.1, -0.05) is 54.5 Å². The molecule has 0 aliphatic heterocycles. The molecule has 1 aromatic heterocycles. The highest BCUT2D eigenvalue weighted by Crippen LogP contribution is 2.40. The maximum atomic E-state index is 12.9. The molecule has 6 nitrogen and oxygen atoms in total. The third kappa shape index (κ3) is 4.99. The Labute approximate surface area is 159 Å². The molecule has 1 atom stereocenters. The predicted molar refractivity (Wildman–Crippen MR) is 99.8 cm³/mol. The van der Waals surface area contributed by atoms with Crippen LogP contribution in [0.2, 0.25) is 0 Å². The second-order valence-corrected chi connectivity index (χ2v) is 8.64. The zero-order valence-corrected chi connectivity index (χ0v) is 15.8. The Kier molecular flexibility index (Phi) is 5.86. The fourth-order valence-corrected chi connectivity index (χ4v) is 3.86. The Morgan fingerprint density at radius 3 is 2.32 bits per heavy atom. The Balaban J connectivity index is 1.65. The van der Waals surface area contributed by atoms with Crippen LogP contribution in [0.3, 0.4) is 0 Å². The summed E-state index contributed by atoms with van der Waals surface area (Å²) >= 11 is 0. The van der Waals surface area contributed by atoms with Gasteiger partial charge in [-0.25, -0.2) is 5.09 Å². The van der Waals surface area contributed by atoms with Crippen molar-refractivity contribution >= 4 is 13.1 Å². The number of halogens is 3. The van der Waals surface area contributed by atoms with Crippen LogP contribution in [0.4, 0.5) is 18.9 Å². The number of nitrogens with zero attached hydrogens (tertiary/aromatic N) is 2. The van der Waals surface area contributed by atoms with Gasteiger partial charge in [0, 0.05) is 24.0 Å². The van der Waals surface area contributed by atoms with E-state index in [4.69, 9.17) is 0 Å². The largest absolute Gasteiger partial charge is 0.471 e. The highest BCUT2D eigenvalue weighted by molar-refractivity contribution is 7.63. The molecule has 0 aliphatic carbocycles. The van der Waals surface area contributed by atoms with E-state index in [-0.39, 0.29) is 5.82 Å². The SMILES string of the molecule is CCP(=O)(NCc1ccc(-c2noc(C(F)(F)F)n2)cc1)Nc1ccccc1. The maximum absolute atomic E-state index is 12.9. The lowest BCUT2D eigenvalue weighted by atomic mass is 10.1. The van der Waals surface area contributed by atoms with Crippen LogP contribution >= 0.6 is 7.44 Å². The van der Waals surface area contributed by atoms with Gasteiger partial charge in [0.2, 0.25) is 13.3 Å². The maximum Gasteiger partial charge on any atom is 0.471 e. The van der Waals surface area contributed by atoms with Gasteiger partial charge in [0.1, 0.15) is 0 Å². The quantitative estimate of drug-likeness (QED) is 0.523. The molecule has 28 heavy (non-hydrogen) atoms. The van der Waals surface area contributed by atoms with Crippen molar-refractivity contribution in [3.63, 3.8) is 0 Å². The first kappa shape index (κ1) is 20.1. The van der Waals surface area contributed by atoms with E-state index < -0.39 is 19.5 Å². The smallest absolute Gasteiger partial charge is 0.329 e. The topological polar surface area (TPSA) is 80.1 Å². The van der Waals surface area contributed by atoms with Gasteiger partial charge in [-0.15, -0.1) is 0 Å². The van der Waals surface area contributed by atoms with Crippen LogP contribution in [-0.2, 0) is 17.3 Å². The van der Waals surface area contributed by atoms with E-state index in [2.05, 4.69) is 24.8 Å². The van der Waals surface area contributed by atoms with Crippen LogP contribution in [0, 0.1) is 0 Å². The Bertz CT molecular complexity index is 959. The summed E-state index contributed by atoms with van der Waals surface area (Å²) in [5.74, 6) is -1.53. The van der Waals surface area contributed by atoms with Crippen molar-refractivity contribution < 1.29 is 22.3 Å². The van der Waals surface area contributed by atoms with Crippen molar-refractivity contribution in [2.24, 2.45) is 0 Å². The van der Waals surface area contributed by atoms with Crippen LogP contribution in [0.25, 0.3) is 11.4 Å². The third-order valence-corrected chi connectivity index (χ3v) is 6.13. The van der Waals surface area contributed by atoms with Crippen molar-refractivity contribution in [3.05, 3.63) is 66.1 Å². The van der Waals surface area contributed by atoms with E-state index in [0.29, 0.717) is 18.3 Å². The Hall–Kier alpha value is -2.64. The molecule has 0 saturated heterocycles. The molecule has 0 fully saturated rings. The zero-order chi connectivity index (χ0) is 20.2. The van der Waals surface area contributed by atoms with Gasteiger partial charge in [-0.3, -0.25) is 4.57 Å². The molecule has 3 aromatic rings. The number of hydrogen-bond acceptors (Lipinski definition) is 4. The third-order valence-electron chi connectivity index (χ3n) is 3.95. The molecule has 0 saturated carbocycles. The van der Waals surface area contributed by atoms with Crippen molar-refractivity contribution in [2.45, 2.75) is 19.6 Å². The standard InChI is InChI=1S/C18H18F3N4O2P/c1-2-28(26,25-15-6-4-3-5-7-15)22-12-13-8-10-14(11-9-13)16-23-17(27-24-16)18(19,20)21/h3-11H,2,12H2,1H3,(H2,22,25,26). The molecule has 148 valence electrons. The highest BCUT2D eigenvalue weighted by atomic mass is 31.2. The summed E-state index contributed by atoms with van der Waals surface area (Å²) in [6.45, 7) is 2.15. The fraction of sp³-hybridized carbons (Fsp3) is 0.222. The van der Waals surface area contributed by atoms with Gasteiger partial charge >= 0.3 is 12.1 Å². The molecule has 0 spiro atoms. The lowest BCUT2D eigenvalue weighted by Crippen LogP contribution is -2.17. The van der Waals surface area contributed by atoms with Crippen LogP contribution in [-0.4, -0.2) is 16.3 Å². The number of benzene rings is 2. The molecular weight excluding hydrogens is 392 g/mol. The molecule has 0 amide bonds. The summed E-state index contributed by atoms with van der Waals surface area (Å²) in [4.78, 5) is 3.35. The van der Waals surface area contributed by atoms with Gasteiger partial charge in [0.05, 0.1) is 0 Å².